The summed E-state index contributed by atoms with van der Waals surface area (Å²) in [6.45, 7) is 4.46. The average Bonchev–Trinajstić information content (AvgIpc) is 2.54. The molecule has 122 valence electrons. The number of ether oxygens (including phenoxy) is 1. The number of carbonyl (C=O) groups excluding carboxylic acids is 1. The molecular formula is C17H26N2O3. The number of hydrogen-bond donors (Lipinski definition) is 3. The van der Waals surface area contributed by atoms with Crippen LogP contribution < -0.4 is 10.6 Å². The first kappa shape index (κ1) is 16.8. The second-order valence-electron chi connectivity index (χ2n) is 6.08. The van der Waals surface area contributed by atoms with Crippen molar-refractivity contribution in [3.8, 4) is 0 Å². The van der Waals surface area contributed by atoms with Gasteiger partial charge in [0, 0.05) is 26.3 Å². The molecule has 1 aromatic rings. The van der Waals surface area contributed by atoms with Gasteiger partial charge >= 0.3 is 6.03 Å². The minimum absolute atomic E-state index is 0.171. The lowest BCUT2D eigenvalue weighted by atomic mass is 9.93. The first-order valence-electron chi connectivity index (χ1n) is 7.95. The van der Waals surface area contributed by atoms with Crippen molar-refractivity contribution in [3.63, 3.8) is 0 Å². The van der Waals surface area contributed by atoms with Crippen LogP contribution in [0.2, 0.25) is 0 Å². The normalized spacial score (nSPS) is 18.5. The second kappa shape index (κ2) is 8.15. The fourth-order valence-electron chi connectivity index (χ4n) is 2.61. The number of aliphatic hydroxyl groups is 1. The highest BCUT2D eigenvalue weighted by Crippen LogP contribution is 2.23. The van der Waals surface area contributed by atoms with Gasteiger partial charge in [-0.25, -0.2) is 4.79 Å². The molecule has 1 fully saturated rings. The Morgan fingerprint density at radius 1 is 1.27 bits per heavy atom. The fourth-order valence-corrected chi connectivity index (χ4v) is 2.61. The smallest absolute Gasteiger partial charge is 0.314 e. The van der Waals surface area contributed by atoms with Crippen LogP contribution in [0.25, 0.3) is 0 Å². The summed E-state index contributed by atoms with van der Waals surface area (Å²) in [6, 6.07) is 9.34. The predicted octanol–water partition coefficient (Wildman–Crippen LogP) is 2.01. The molecule has 1 unspecified atom stereocenters. The molecular weight excluding hydrogens is 280 g/mol. The number of benzene rings is 1. The fraction of sp³-hybridized carbons (Fsp3) is 0.588. The van der Waals surface area contributed by atoms with E-state index in [0.29, 0.717) is 25.4 Å². The maximum Gasteiger partial charge on any atom is 0.314 e. The Morgan fingerprint density at radius 3 is 2.64 bits per heavy atom. The summed E-state index contributed by atoms with van der Waals surface area (Å²) >= 11 is 0. The molecule has 3 N–H and O–H groups in total. The molecule has 1 heterocycles. The van der Waals surface area contributed by atoms with Crippen LogP contribution in [0.5, 0.6) is 0 Å². The Hall–Kier alpha value is -1.59. The van der Waals surface area contributed by atoms with Crippen LogP contribution in [0.1, 0.15) is 31.7 Å². The Kier molecular flexibility index (Phi) is 6.21. The Morgan fingerprint density at radius 2 is 1.95 bits per heavy atom. The number of rotatable bonds is 6. The molecule has 1 atom stereocenters. The lowest BCUT2D eigenvalue weighted by Crippen LogP contribution is -2.41. The van der Waals surface area contributed by atoms with E-state index in [1.807, 2.05) is 30.3 Å². The largest absolute Gasteiger partial charge is 0.385 e. The maximum absolute atomic E-state index is 11.8. The molecule has 5 nitrogen and oxygen atoms in total. The van der Waals surface area contributed by atoms with E-state index in [1.165, 1.54) is 0 Å². The van der Waals surface area contributed by atoms with Crippen LogP contribution in [0.15, 0.2) is 30.3 Å². The van der Waals surface area contributed by atoms with Crippen molar-refractivity contribution in [2.45, 2.75) is 31.8 Å². The quantitative estimate of drug-likeness (QED) is 0.753. The molecule has 0 spiro atoms. The van der Waals surface area contributed by atoms with Crippen LogP contribution in [0, 0.1) is 5.92 Å². The molecule has 0 bridgehead atoms. The summed E-state index contributed by atoms with van der Waals surface area (Å²) in [5.74, 6) is 0.506. The number of carbonyl (C=O) groups is 1. The summed E-state index contributed by atoms with van der Waals surface area (Å²) in [7, 11) is 0. The van der Waals surface area contributed by atoms with Crippen molar-refractivity contribution in [1.29, 1.82) is 0 Å². The molecule has 0 saturated carbocycles. The SMILES string of the molecule is CC(O)(CCNC(=O)NCC1CCOCC1)c1ccccc1. The van der Waals surface area contributed by atoms with Crippen LogP contribution in [0.3, 0.4) is 0 Å². The molecule has 1 saturated heterocycles. The summed E-state index contributed by atoms with van der Waals surface area (Å²) in [5.41, 5.74) is -0.0747. The Balaban J connectivity index is 1.66. The zero-order chi connectivity index (χ0) is 15.8. The van der Waals surface area contributed by atoms with E-state index in [1.54, 1.807) is 6.92 Å². The first-order chi connectivity index (χ1) is 10.6. The standard InChI is InChI=1S/C17H26N2O3/c1-17(21,15-5-3-2-4-6-15)9-10-18-16(20)19-13-14-7-11-22-12-8-14/h2-6,14,21H,7-13H2,1H3,(H2,18,19,20). The van der Waals surface area contributed by atoms with Crippen molar-refractivity contribution in [1.82, 2.24) is 10.6 Å². The van der Waals surface area contributed by atoms with E-state index in [9.17, 15) is 9.90 Å². The van der Waals surface area contributed by atoms with Gasteiger partial charge in [-0.15, -0.1) is 0 Å². The van der Waals surface area contributed by atoms with Gasteiger partial charge in [0.05, 0.1) is 5.60 Å². The van der Waals surface area contributed by atoms with Gasteiger partial charge in [0.1, 0.15) is 0 Å². The van der Waals surface area contributed by atoms with Crippen molar-refractivity contribution >= 4 is 6.03 Å². The van der Waals surface area contributed by atoms with Crippen molar-refractivity contribution < 1.29 is 14.6 Å². The maximum atomic E-state index is 11.8. The lowest BCUT2D eigenvalue weighted by molar-refractivity contribution is 0.0486. The zero-order valence-electron chi connectivity index (χ0n) is 13.2. The van der Waals surface area contributed by atoms with E-state index < -0.39 is 5.60 Å². The zero-order valence-corrected chi connectivity index (χ0v) is 13.2. The van der Waals surface area contributed by atoms with Crippen LogP contribution in [-0.4, -0.2) is 37.4 Å². The highest BCUT2D eigenvalue weighted by Gasteiger charge is 2.22. The molecule has 2 amide bonds. The monoisotopic (exact) mass is 306 g/mol. The van der Waals surface area contributed by atoms with Crippen molar-refractivity contribution in [2.24, 2.45) is 5.92 Å². The molecule has 2 rings (SSSR count). The van der Waals surface area contributed by atoms with Crippen molar-refractivity contribution in [3.05, 3.63) is 35.9 Å². The molecule has 22 heavy (non-hydrogen) atoms. The number of nitrogens with one attached hydrogen (secondary N) is 2. The topological polar surface area (TPSA) is 70.6 Å². The van der Waals surface area contributed by atoms with E-state index >= 15 is 0 Å². The number of hydrogen-bond acceptors (Lipinski definition) is 3. The summed E-state index contributed by atoms with van der Waals surface area (Å²) in [5, 5.41) is 16.1. The Bertz CT molecular complexity index is 456. The third-order valence-corrected chi connectivity index (χ3v) is 4.19. The molecule has 1 aromatic carbocycles. The molecule has 0 aromatic heterocycles. The van der Waals surface area contributed by atoms with E-state index in [2.05, 4.69) is 10.6 Å². The number of amides is 2. The highest BCUT2D eigenvalue weighted by molar-refractivity contribution is 5.73. The Labute approximate surface area is 132 Å². The molecule has 0 aliphatic carbocycles. The van der Waals surface area contributed by atoms with Gasteiger partial charge in [0.25, 0.3) is 0 Å². The third-order valence-electron chi connectivity index (χ3n) is 4.19. The summed E-state index contributed by atoms with van der Waals surface area (Å²) in [4.78, 5) is 11.8. The molecule has 5 heteroatoms. The predicted molar refractivity (Wildman–Crippen MR) is 85.6 cm³/mol. The molecule has 0 radical (unpaired) electrons. The van der Waals surface area contributed by atoms with E-state index in [-0.39, 0.29) is 6.03 Å². The second-order valence-corrected chi connectivity index (χ2v) is 6.08. The van der Waals surface area contributed by atoms with Crippen molar-refractivity contribution in [2.75, 3.05) is 26.3 Å². The van der Waals surface area contributed by atoms with Gasteiger partial charge in [-0.1, -0.05) is 30.3 Å². The first-order valence-corrected chi connectivity index (χ1v) is 7.95. The van der Waals surface area contributed by atoms with Crippen LogP contribution in [-0.2, 0) is 10.3 Å². The summed E-state index contributed by atoms with van der Waals surface area (Å²) < 4.78 is 5.29. The minimum atomic E-state index is -0.935. The highest BCUT2D eigenvalue weighted by atomic mass is 16.5. The van der Waals surface area contributed by atoms with E-state index in [0.717, 1.165) is 31.6 Å². The molecule has 1 aliphatic rings. The van der Waals surface area contributed by atoms with Crippen LogP contribution in [0.4, 0.5) is 4.79 Å². The average molecular weight is 306 g/mol. The third kappa shape index (κ3) is 5.31. The van der Waals surface area contributed by atoms with Gasteiger partial charge in [-0.2, -0.15) is 0 Å². The van der Waals surface area contributed by atoms with Crippen LogP contribution >= 0.6 is 0 Å². The van der Waals surface area contributed by atoms with Gasteiger partial charge in [0.2, 0.25) is 0 Å². The van der Waals surface area contributed by atoms with Gasteiger partial charge in [-0.3, -0.25) is 0 Å². The van der Waals surface area contributed by atoms with Gasteiger partial charge < -0.3 is 20.5 Å². The minimum Gasteiger partial charge on any atom is -0.385 e. The van der Waals surface area contributed by atoms with Gasteiger partial charge in [0.15, 0.2) is 0 Å². The van der Waals surface area contributed by atoms with E-state index in [4.69, 9.17) is 4.74 Å². The lowest BCUT2D eigenvalue weighted by Gasteiger charge is -2.24. The molecule has 1 aliphatic heterocycles. The van der Waals surface area contributed by atoms with Gasteiger partial charge in [-0.05, 0) is 37.7 Å². The number of urea groups is 1. The summed E-state index contributed by atoms with van der Waals surface area (Å²) in [6.07, 6.45) is 2.48.